The Morgan fingerprint density at radius 2 is 1.93 bits per heavy atom. The quantitative estimate of drug-likeness (QED) is 0.646. The molecule has 2 fully saturated rings. The van der Waals surface area contributed by atoms with Crippen LogP contribution in [0.5, 0.6) is 0 Å². The van der Waals surface area contributed by atoms with Crippen molar-refractivity contribution in [3.05, 3.63) is 0 Å². The molecule has 2 heteroatoms. The van der Waals surface area contributed by atoms with E-state index in [-0.39, 0.29) is 0 Å². The fourth-order valence-corrected chi connectivity index (χ4v) is 3.39. The van der Waals surface area contributed by atoms with Gasteiger partial charge in [-0.15, -0.1) is 0 Å². The van der Waals surface area contributed by atoms with Crippen molar-refractivity contribution in [2.45, 2.75) is 64.5 Å². The van der Waals surface area contributed by atoms with Crippen molar-refractivity contribution in [2.24, 2.45) is 10.9 Å². The van der Waals surface area contributed by atoms with Crippen LogP contribution in [-0.4, -0.2) is 29.9 Å². The molecule has 2 atom stereocenters. The number of fused-ring (bicyclic) bond motifs is 1. The average molecular weight is 208 g/mol. The third-order valence-electron chi connectivity index (χ3n) is 4.03. The number of aliphatic imine (C=N–C) groups is 1. The summed E-state index contributed by atoms with van der Waals surface area (Å²) in [5.74, 6) is 2.26. The monoisotopic (exact) mass is 208 g/mol. The predicted octanol–water partition coefficient (Wildman–Crippen LogP) is 3.08. The molecule has 0 bridgehead atoms. The van der Waals surface area contributed by atoms with Gasteiger partial charge in [0.2, 0.25) is 0 Å². The van der Waals surface area contributed by atoms with E-state index < -0.39 is 0 Å². The molecule has 0 aromatic rings. The lowest BCUT2D eigenvalue weighted by molar-refractivity contribution is 0.226. The molecule has 1 aliphatic heterocycles. The van der Waals surface area contributed by atoms with Gasteiger partial charge in [-0.2, -0.15) is 0 Å². The Balaban J connectivity index is 2.18. The van der Waals surface area contributed by atoms with E-state index >= 15 is 0 Å². The Bertz CT molecular complexity index is 245. The second-order valence-electron chi connectivity index (χ2n) is 5.31. The highest BCUT2D eigenvalue weighted by Gasteiger charge is 2.39. The second kappa shape index (κ2) is 4.54. The Hall–Kier alpha value is -0.530. The van der Waals surface area contributed by atoms with Gasteiger partial charge in [0.15, 0.2) is 0 Å². The minimum Gasteiger partial charge on any atom is -0.355 e. The van der Waals surface area contributed by atoms with E-state index in [0.29, 0.717) is 6.04 Å². The summed E-state index contributed by atoms with van der Waals surface area (Å²) in [5.41, 5.74) is 0. The lowest BCUT2D eigenvalue weighted by atomic mass is 9.95. The molecule has 0 amide bonds. The van der Waals surface area contributed by atoms with E-state index in [1.165, 1.54) is 44.4 Å². The Morgan fingerprint density at radius 3 is 2.60 bits per heavy atom. The van der Waals surface area contributed by atoms with Gasteiger partial charge in [-0.25, -0.2) is 0 Å². The minimum atomic E-state index is 0.622. The third-order valence-corrected chi connectivity index (χ3v) is 4.03. The molecule has 0 radical (unpaired) electrons. The summed E-state index contributed by atoms with van der Waals surface area (Å²) in [6.45, 7) is 4.61. The first-order valence-electron chi connectivity index (χ1n) is 6.48. The molecule has 86 valence electrons. The van der Waals surface area contributed by atoms with Crippen LogP contribution in [0.15, 0.2) is 4.99 Å². The summed E-state index contributed by atoms with van der Waals surface area (Å²) in [6, 6.07) is 1.42. The summed E-state index contributed by atoms with van der Waals surface area (Å²) >= 11 is 0. The van der Waals surface area contributed by atoms with E-state index in [1.54, 1.807) is 0 Å². The number of rotatable bonds is 1. The van der Waals surface area contributed by atoms with Gasteiger partial charge in [0.05, 0.1) is 5.84 Å². The molecule has 2 aliphatic rings. The molecule has 0 aromatic carbocycles. The van der Waals surface area contributed by atoms with Gasteiger partial charge >= 0.3 is 0 Å². The zero-order valence-electron chi connectivity index (χ0n) is 10.4. The molecule has 1 aliphatic carbocycles. The minimum absolute atomic E-state index is 0.622. The van der Waals surface area contributed by atoms with Crippen molar-refractivity contribution in [1.82, 2.24) is 4.90 Å². The zero-order valence-corrected chi connectivity index (χ0v) is 10.4. The van der Waals surface area contributed by atoms with Gasteiger partial charge in [0, 0.05) is 25.6 Å². The molecule has 2 unspecified atom stereocenters. The molecular weight excluding hydrogens is 184 g/mol. The molecule has 1 saturated carbocycles. The smallest absolute Gasteiger partial charge is 0.0993 e. The first-order valence-corrected chi connectivity index (χ1v) is 6.48. The van der Waals surface area contributed by atoms with Crippen molar-refractivity contribution in [3.8, 4) is 0 Å². The normalized spacial score (nSPS) is 34.7. The molecular formula is C13H24N2. The summed E-state index contributed by atoms with van der Waals surface area (Å²) in [5, 5.41) is 0. The Labute approximate surface area is 93.8 Å². The standard InChI is InChI=1S/C13H24N2/c1-10(2)15-12-8-6-4-5-7-11(12)9-13(15)14-3/h10-12H,4-9H2,1-3H3/b14-13-. The fourth-order valence-electron chi connectivity index (χ4n) is 3.39. The topological polar surface area (TPSA) is 15.6 Å². The molecule has 2 nitrogen and oxygen atoms in total. The number of amidine groups is 1. The number of likely N-dealkylation sites (tertiary alicyclic amines) is 1. The van der Waals surface area contributed by atoms with Gasteiger partial charge < -0.3 is 4.90 Å². The van der Waals surface area contributed by atoms with Crippen LogP contribution in [0.1, 0.15) is 52.4 Å². The number of hydrogen-bond donors (Lipinski definition) is 0. The van der Waals surface area contributed by atoms with Gasteiger partial charge in [-0.05, 0) is 32.6 Å². The summed E-state index contributed by atoms with van der Waals surface area (Å²) in [7, 11) is 1.95. The fraction of sp³-hybridized carbons (Fsp3) is 0.923. The summed E-state index contributed by atoms with van der Waals surface area (Å²) in [6.07, 6.45) is 8.34. The van der Waals surface area contributed by atoms with Crippen molar-refractivity contribution < 1.29 is 0 Å². The Kier molecular flexibility index (Phi) is 3.32. The van der Waals surface area contributed by atoms with Crippen LogP contribution in [-0.2, 0) is 0 Å². The maximum absolute atomic E-state index is 4.49. The summed E-state index contributed by atoms with van der Waals surface area (Å²) in [4.78, 5) is 7.08. The van der Waals surface area contributed by atoms with E-state index in [1.807, 2.05) is 7.05 Å². The SMILES string of the molecule is C/N=C1/CC2CCCCCC2N1C(C)C. The first kappa shape index (κ1) is 11.0. The molecule has 15 heavy (non-hydrogen) atoms. The highest BCUT2D eigenvalue weighted by molar-refractivity contribution is 5.85. The van der Waals surface area contributed by atoms with Gasteiger partial charge in [0.25, 0.3) is 0 Å². The average Bonchev–Trinajstić information content (AvgIpc) is 2.42. The van der Waals surface area contributed by atoms with Crippen LogP contribution in [0.4, 0.5) is 0 Å². The largest absolute Gasteiger partial charge is 0.355 e. The van der Waals surface area contributed by atoms with Crippen molar-refractivity contribution in [3.63, 3.8) is 0 Å². The maximum atomic E-state index is 4.49. The van der Waals surface area contributed by atoms with Gasteiger partial charge in [0.1, 0.15) is 0 Å². The number of nitrogens with zero attached hydrogens (tertiary/aromatic N) is 2. The van der Waals surface area contributed by atoms with Crippen LogP contribution in [0.25, 0.3) is 0 Å². The van der Waals surface area contributed by atoms with Crippen LogP contribution >= 0.6 is 0 Å². The van der Waals surface area contributed by atoms with Crippen LogP contribution in [0.3, 0.4) is 0 Å². The molecule has 1 saturated heterocycles. The Morgan fingerprint density at radius 1 is 1.20 bits per heavy atom. The highest BCUT2D eigenvalue weighted by Crippen LogP contribution is 2.37. The molecule has 2 rings (SSSR count). The zero-order chi connectivity index (χ0) is 10.8. The van der Waals surface area contributed by atoms with Crippen LogP contribution < -0.4 is 0 Å². The van der Waals surface area contributed by atoms with Crippen LogP contribution in [0, 0.1) is 5.92 Å². The third kappa shape index (κ3) is 2.04. The summed E-state index contributed by atoms with van der Waals surface area (Å²) < 4.78 is 0. The first-order chi connectivity index (χ1) is 7.24. The van der Waals surface area contributed by atoms with E-state index in [4.69, 9.17) is 0 Å². The molecule has 1 heterocycles. The lowest BCUT2D eigenvalue weighted by Crippen LogP contribution is -2.40. The molecule has 0 aromatic heterocycles. The molecule has 0 N–H and O–H groups in total. The molecule has 0 spiro atoms. The van der Waals surface area contributed by atoms with Crippen molar-refractivity contribution in [2.75, 3.05) is 7.05 Å². The van der Waals surface area contributed by atoms with E-state index in [2.05, 4.69) is 23.7 Å². The maximum Gasteiger partial charge on any atom is 0.0993 e. The second-order valence-corrected chi connectivity index (χ2v) is 5.31. The van der Waals surface area contributed by atoms with Gasteiger partial charge in [-0.3, -0.25) is 4.99 Å². The van der Waals surface area contributed by atoms with Gasteiger partial charge in [-0.1, -0.05) is 19.3 Å². The highest BCUT2D eigenvalue weighted by atomic mass is 15.3. The lowest BCUT2D eigenvalue weighted by Gasteiger charge is -2.32. The van der Waals surface area contributed by atoms with Crippen molar-refractivity contribution in [1.29, 1.82) is 0 Å². The predicted molar refractivity (Wildman–Crippen MR) is 65.3 cm³/mol. The van der Waals surface area contributed by atoms with E-state index in [9.17, 15) is 0 Å². The van der Waals surface area contributed by atoms with E-state index in [0.717, 1.165) is 12.0 Å². The number of hydrogen-bond acceptors (Lipinski definition) is 1. The van der Waals surface area contributed by atoms with Crippen molar-refractivity contribution >= 4 is 5.84 Å². The van der Waals surface area contributed by atoms with Crippen LogP contribution in [0.2, 0.25) is 0 Å².